The van der Waals surface area contributed by atoms with Crippen molar-refractivity contribution in [1.82, 2.24) is 4.98 Å². The first-order valence-corrected chi connectivity index (χ1v) is 10.6. The number of carbonyl (C=O) groups is 2. The molecule has 7 heteroatoms. The van der Waals surface area contributed by atoms with Crippen molar-refractivity contribution in [3.8, 4) is 11.5 Å². The summed E-state index contributed by atoms with van der Waals surface area (Å²) in [5.74, 6) is 0.663. The van der Waals surface area contributed by atoms with Gasteiger partial charge < -0.3 is 14.2 Å². The van der Waals surface area contributed by atoms with Gasteiger partial charge in [0.1, 0.15) is 24.7 Å². The molecule has 1 N–H and O–H groups in total. The lowest BCUT2D eigenvalue weighted by molar-refractivity contribution is 0.0645. The summed E-state index contributed by atoms with van der Waals surface area (Å²) in [5, 5.41) is 2.61. The second-order valence-corrected chi connectivity index (χ2v) is 7.29. The lowest BCUT2D eigenvalue weighted by Crippen LogP contribution is -2.19. The number of hydrogen-bond donors (Lipinski definition) is 1. The molecule has 1 amide bonds. The molecule has 0 aliphatic rings. The summed E-state index contributed by atoms with van der Waals surface area (Å²) in [4.78, 5) is 28.3. The Morgan fingerprint density at radius 2 is 1.32 bits per heavy atom. The number of hydrogen-bond acceptors (Lipinski definition) is 6. The molecule has 0 spiro atoms. The summed E-state index contributed by atoms with van der Waals surface area (Å²) in [7, 11) is 0. The standard InChI is InChI=1S/C27H22N2O5/c30-26(22-8-7-13-28-17-22)34-27(31)29-23-15-20(18-32-24-9-3-1-4-10-24)14-21(16-23)19-33-25-11-5-2-6-12-25/h1-17H,18-19H2,(H,29,31). The lowest BCUT2D eigenvalue weighted by atomic mass is 10.1. The molecule has 0 fully saturated rings. The number of carbonyl (C=O) groups excluding carboxylic acids is 2. The molecular formula is C27H22N2O5. The van der Waals surface area contributed by atoms with Gasteiger partial charge in [0, 0.05) is 18.1 Å². The zero-order valence-electron chi connectivity index (χ0n) is 18.2. The Morgan fingerprint density at radius 1 is 0.735 bits per heavy atom. The van der Waals surface area contributed by atoms with Crippen molar-refractivity contribution in [2.45, 2.75) is 13.2 Å². The molecule has 0 saturated heterocycles. The number of pyridine rings is 1. The van der Waals surface area contributed by atoms with E-state index in [-0.39, 0.29) is 18.8 Å². The average Bonchev–Trinajstić information content (AvgIpc) is 2.88. The van der Waals surface area contributed by atoms with Gasteiger partial charge in [0.2, 0.25) is 0 Å². The third kappa shape index (κ3) is 6.67. The van der Waals surface area contributed by atoms with Gasteiger partial charge in [0.25, 0.3) is 0 Å². The molecule has 0 saturated carbocycles. The van der Waals surface area contributed by atoms with E-state index in [0.717, 1.165) is 22.6 Å². The van der Waals surface area contributed by atoms with E-state index in [2.05, 4.69) is 10.3 Å². The highest BCUT2D eigenvalue weighted by atomic mass is 16.6. The normalized spacial score (nSPS) is 10.2. The largest absolute Gasteiger partial charge is 0.489 e. The van der Waals surface area contributed by atoms with Crippen LogP contribution in [-0.2, 0) is 18.0 Å². The number of benzene rings is 3. The SMILES string of the molecule is O=C(Nc1cc(COc2ccccc2)cc(COc2ccccc2)c1)OC(=O)c1cccnc1. The van der Waals surface area contributed by atoms with Gasteiger partial charge in [-0.3, -0.25) is 10.3 Å². The van der Waals surface area contributed by atoms with Gasteiger partial charge in [-0.1, -0.05) is 36.4 Å². The van der Waals surface area contributed by atoms with Crippen LogP contribution in [0, 0.1) is 0 Å². The fraction of sp³-hybridized carbons (Fsp3) is 0.0741. The molecule has 0 aliphatic carbocycles. The van der Waals surface area contributed by atoms with Crippen LogP contribution in [-0.4, -0.2) is 17.0 Å². The van der Waals surface area contributed by atoms with Gasteiger partial charge >= 0.3 is 12.1 Å². The Hall–Kier alpha value is -4.65. The van der Waals surface area contributed by atoms with Gasteiger partial charge in [-0.25, -0.2) is 9.59 Å². The summed E-state index contributed by atoms with van der Waals surface area (Å²) in [6, 6.07) is 27.4. The topological polar surface area (TPSA) is 86.8 Å². The number of rotatable bonds is 8. The highest BCUT2D eigenvalue weighted by Crippen LogP contribution is 2.20. The number of anilines is 1. The summed E-state index contributed by atoms with van der Waals surface area (Å²) in [5.41, 5.74) is 2.25. The Kier molecular flexibility index (Phi) is 7.48. The van der Waals surface area contributed by atoms with Crippen LogP contribution >= 0.6 is 0 Å². The summed E-state index contributed by atoms with van der Waals surface area (Å²) >= 11 is 0. The van der Waals surface area contributed by atoms with E-state index in [1.54, 1.807) is 18.2 Å². The Labute approximate surface area is 196 Å². The van der Waals surface area contributed by atoms with Crippen molar-refractivity contribution in [1.29, 1.82) is 0 Å². The molecule has 1 aromatic heterocycles. The van der Waals surface area contributed by atoms with Crippen LogP contribution in [0.2, 0.25) is 0 Å². The Morgan fingerprint density at radius 3 is 1.85 bits per heavy atom. The fourth-order valence-corrected chi connectivity index (χ4v) is 3.14. The number of nitrogens with one attached hydrogen (secondary N) is 1. The molecule has 3 aromatic carbocycles. The van der Waals surface area contributed by atoms with Crippen molar-refractivity contribution in [3.63, 3.8) is 0 Å². The van der Waals surface area contributed by atoms with Gasteiger partial charge in [0.15, 0.2) is 0 Å². The molecule has 4 rings (SSSR count). The van der Waals surface area contributed by atoms with E-state index < -0.39 is 12.1 Å². The first-order valence-electron chi connectivity index (χ1n) is 10.6. The maximum atomic E-state index is 12.3. The van der Waals surface area contributed by atoms with Crippen LogP contribution in [0.3, 0.4) is 0 Å². The minimum Gasteiger partial charge on any atom is -0.489 e. The van der Waals surface area contributed by atoms with Crippen LogP contribution in [0.15, 0.2) is 103 Å². The van der Waals surface area contributed by atoms with E-state index in [0.29, 0.717) is 5.69 Å². The minimum atomic E-state index is -0.898. The zero-order chi connectivity index (χ0) is 23.6. The van der Waals surface area contributed by atoms with Gasteiger partial charge in [0.05, 0.1) is 5.56 Å². The highest BCUT2D eigenvalue weighted by Gasteiger charge is 2.14. The van der Waals surface area contributed by atoms with Crippen molar-refractivity contribution >= 4 is 17.7 Å². The molecule has 0 atom stereocenters. The van der Waals surface area contributed by atoms with E-state index in [4.69, 9.17) is 14.2 Å². The number of amides is 1. The van der Waals surface area contributed by atoms with Crippen LogP contribution < -0.4 is 14.8 Å². The number of nitrogens with zero attached hydrogens (tertiary/aromatic N) is 1. The molecule has 0 radical (unpaired) electrons. The molecule has 0 bridgehead atoms. The second kappa shape index (κ2) is 11.3. The van der Waals surface area contributed by atoms with Gasteiger partial charge in [-0.15, -0.1) is 0 Å². The zero-order valence-corrected chi connectivity index (χ0v) is 18.2. The Bertz CT molecular complexity index is 1170. The second-order valence-electron chi connectivity index (χ2n) is 7.29. The third-order valence-electron chi connectivity index (χ3n) is 4.68. The first-order chi connectivity index (χ1) is 16.7. The molecule has 34 heavy (non-hydrogen) atoms. The summed E-state index contributed by atoms with van der Waals surface area (Å²) in [6.07, 6.45) is 1.96. The summed E-state index contributed by atoms with van der Waals surface area (Å²) in [6.45, 7) is 0.559. The number of para-hydroxylation sites is 2. The fourth-order valence-electron chi connectivity index (χ4n) is 3.14. The highest BCUT2D eigenvalue weighted by molar-refractivity contribution is 6.00. The van der Waals surface area contributed by atoms with E-state index in [1.807, 2.05) is 66.7 Å². The first kappa shape index (κ1) is 22.5. The predicted octanol–water partition coefficient (Wildman–Crippen LogP) is 5.63. The van der Waals surface area contributed by atoms with Crippen LogP contribution in [0.25, 0.3) is 0 Å². The Balaban J connectivity index is 1.47. The maximum absolute atomic E-state index is 12.3. The van der Waals surface area contributed by atoms with Crippen molar-refractivity contribution in [2.24, 2.45) is 0 Å². The molecular weight excluding hydrogens is 432 g/mol. The minimum absolute atomic E-state index is 0.180. The molecule has 0 aliphatic heterocycles. The number of esters is 1. The smallest absolute Gasteiger partial charge is 0.419 e. The van der Waals surface area contributed by atoms with E-state index in [9.17, 15) is 9.59 Å². The van der Waals surface area contributed by atoms with Gasteiger partial charge in [-0.05, 0) is 65.7 Å². The monoisotopic (exact) mass is 454 g/mol. The van der Waals surface area contributed by atoms with E-state index >= 15 is 0 Å². The maximum Gasteiger partial charge on any atom is 0.419 e. The van der Waals surface area contributed by atoms with Gasteiger partial charge in [-0.2, -0.15) is 0 Å². The molecule has 0 unspecified atom stereocenters. The molecule has 170 valence electrons. The lowest BCUT2D eigenvalue weighted by Gasteiger charge is -2.13. The van der Waals surface area contributed by atoms with Crippen molar-refractivity contribution in [3.05, 3.63) is 120 Å². The van der Waals surface area contributed by atoms with Crippen molar-refractivity contribution < 1.29 is 23.8 Å². The quantitative estimate of drug-likeness (QED) is 0.274. The number of ether oxygens (including phenoxy) is 3. The summed E-state index contributed by atoms with van der Waals surface area (Å²) < 4.78 is 16.6. The number of aromatic nitrogens is 1. The predicted molar refractivity (Wildman–Crippen MR) is 127 cm³/mol. The van der Waals surface area contributed by atoms with E-state index in [1.165, 1.54) is 18.5 Å². The molecule has 4 aromatic rings. The average molecular weight is 454 g/mol. The van der Waals surface area contributed by atoms with Crippen LogP contribution in [0.4, 0.5) is 10.5 Å². The van der Waals surface area contributed by atoms with Crippen LogP contribution in [0.5, 0.6) is 11.5 Å². The molecule has 1 heterocycles. The third-order valence-corrected chi connectivity index (χ3v) is 4.68. The van der Waals surface area contributed by atoms with Crippen LogP contribution in [0.1, 0.15) is 21.5 Å². The van der Waals surface area contributed by atoms with Crippen molar-refractivity contribution in [2.75, 3.05) is 5.32 Å². The molecule has 7 nitrogen and oxygen atoms in total.